The average molecular weight is 366 g/mol. The number of sulfonamides is 1. The summed E-state index contributed by atoms with van der Waals surface area (Å²) in [6, 6.07) is 5.12. The molecule has 0 unspecified atom stereocenters. The highest BCUT2D eigenvalue weighted by atomic mass is 32.2. The van der Waals surface area contributed by atoms with Gasteiger partial charge in [0.05, 0.1) is 12.1 Å². The Bertz CT molecular complexity index is 874. The van der Waals surface area contributed by atoms with Crippen LogP contribution in [0.2, 0.25) is 0 Å². The van der Waals surface area contributed by atoms with Crippen molar-refractivity contribution in [3.8, 4) is 5.88 Å². The Kier molecular flexibility index (Phi) is 4.65. The van der Waals surface area contributed by atoms with Crippen molar-refractivity contribution in [2.45, 2.75) is 12.4 Å². The van der Waals surface area contributed by atoms with E-state index in [0.29, 0.717) is 10.9 Å². The first-order chi connectivity index (χ1) is 11.0. The van der Waals surface area contributed by atoms with Crippen LogP contribution in [-0.4, -0.2) is 31.3 Å². The van der Waals surface area contributed by atoms with E-state index in [0.717, 1.165) is 0 Å². The van der Waals surface area contributed by atoms with E-state index in [1.807, 2.05) is 0 Å². The number of ether oxygens (including phenoxy) is 2. The Hall–Kier alpha value is -2.43. The highest BCUT2D eigenvalue weighted by Gasteiger charge is 2.46. The second kappa shape index (κ2) is 6.23. The number of hydrogen-bond acceptors (Lipinski definition) is 5. The van der Waals surface area contributed by atoms with Gasteiger partial charge in [0.1, 0.15) is 0 Å². The van der Waals surface area contributed by atoms with Crippen molar-refractivity contribution in [1.82, 2.24) is 4.57 Å². The number of nitrogens with zero attached hydrogens (tertiary/aromatic N) is 1. The van der Waals surface area contributed by atoms with Gasteiger partial charge in [0.25, 0.3) is 0 Å². The lowest BCUT2D eigenvalue weighted by Crippen LogP contribution is -2.29. The molecule has 0 saturated heterocycles. The molecule has 24 heavy (non-hydrogen) atoms. The van der Waals surface area contributed by atoms with E-state index in [9.17, 15) is 26.4 Å². The molecule has 0 aliphatic rings. The summed E-state index contributed by atoms with van der Waals surface area (Å²) in [6.45, 7) is 1.72. The molecule has 2 aromatic rings. The minimum absolute atomic E-state index is 0.0966. The minimum atomic E-state index is -5.51. The number of rotatable bonds is 4. The Morgan fingerprint density at radius 1 is 1.29 bits per heavy atom. The van der Waals surface area contributed by atoms with Crippen molar-refractivity contribution < 1.29 is 35.9 Å². The lowest BCUT2D eigenvalue weighted by Gasteiger charge is -2.10. The predicted octanol–water partition coefficient (Wildman–Crippen LogP) is 2.98. The van der Waals surface area contributed by atoms with Crippen LogP contribution in [0.1, 0.15) is 6.92 Å². The van der Waals surface area contributed by atoms with Crippen LogP contribution < -0.4 is 9.46 Å². The Balaban J connectivity index is 2.34. The molecule has 132 valence electrons. The van der Waals surface area contributed by atoms with Crippen molar-refractivity contribution in [1.29, 1.82) is 0 Å². The van der Waals surface area contributed by atoms with Gasteiger partial charge in [0, 0.05) is 24.2 Å². The van der Waals surface area contributed by atoms with Crippen molar-refractivity contribution >= 4 is 32.8 Å². The molecule has 0 atom stereocenters. The lowest BCUT2D eigenvalue weighted by atomic mass is 10.2. The van der Waals surface area contributed by atoms with Crippen molar-refractivity contribution in [3.05, 3.63) is 24.3 Å². The SMILES string of the molecule is CCOC(=O)Oc1cc2cc(NS(=O)(=O)C(F)(F)F)ccc2n1C. The van der Waals surface area contributed by atoms with Gasteiger partial charge in [0.15, 0.2) is 0 Å². The summed E-state index contributed by atoms with van der Waals surface area (Å²) in [7, 11) is -3.95. The normalized spacial score (nSPS) is 12.2. The van der Waals surface area contributed by atoms with Crippen LogP contribution in [0.15, 0.2) is 24.3 Å². The fourth-order valence-electron chi connectivity index (χ4n) is 1.93. The highest BCUT2D eigenvalue weighted by Crippen LogP contribution is 2.30. The zero-order valence-corrected chi connectivity index (χ0v) is 13.4. The fraction of sp³-hybridized carbons (Fsp3) is 0.308. The van der Waals surface area contributed by atoms with Crippen LogP contribution in [0.3, 0.4) is 0 Å². The number of benzene rings is 1. The molecule has 1 aromatic carbocycles. The minimum Gasteiger partial charge on any atom is -0.434 e. The molecule has 0 bridgehead atoms. The summed E-state index contributed by atoms with van der Waals surface area (Å²) >= 11 is 0. The quantitative estimate of drug-likeness (QED) is 0.841. The summed E-state index contributed by atoms with van der Waals surface area (Å²) in [5, 5.41) is 0.374. The summed E-state index contributed by atoms with van der Waals surface area (Å²) in [5.74, 6) is 0.0966. The smallest absolute Gasteiger partial charge is 0.434 e. The molecule has 1 aromatic heterocycles. The van der Waals surface area contributed by atoms with Gasteiger partial charge in [-0.1, -0.05) is 0 Å². The fourth-order valence-corrected chi connectivity index (χ4v) is 2.48. The molecule has 7 nitrogen and oxygen atoms in total. The summed E-state index contributed by atoms with van der Waals surface area (Å²) in [6.07, 6.45) is -0.929. The van der Waals surface area contributed by atoms with Crippen LogP contribution in [0.25, 0.3) is 10.9 Å². The van der Waals surface area contributed by atoms with Crippen LogP contribution in [-0.2, 0) is 21.8 Å². The summed E-state index contributed by atoms with van der Waals surface area (Å²) in [4.78, 5) is 11.3. The molecular weight excluding hydrogens is 353 g/mol. The summed E-state index contributed by atoms with van der Waals surface area (Å²) in [5.41, 5.74) is -5.17. The van der Waals surface area contributed by atoms with Crippen LogP contribution in [0, 0.1) is 0 Å². The molecule has 0 radical (unpaired) electrons. The third-order valence-corrected chi connectivity index (χ3v) is 4.12. The number of nitrogens with one attached hydrogen (secondary N) is 1. The molecule has 1 heterocycles. The van der Waals surface area contributed by atoms with Gasteiger partial charge in [-0.25, -0.2) is 4.79 Å². The van der Waals surface area contributed by atoms with Gasteiger partial charge >= 0.3 is 21.7 Å². The van der Waals surface area contributed by atoms with Gasteiger partial charge < -0.3 is 14.0 Å². The standard InChI is InChI=1S/C13H13F3N2O5S/c1-3-22-12(19)23-11-7-8-6-9(4-5-10(8)18(11)2)17-24(20,21)13(14,15)16/h4-7,17H,3H2,1-2H3. The number of carbonyl (C=O) groups is 1. The Morgan fingerprint density at radius 2 is 1.96 bits per heavy atom. The number of hydrogen-bond donors (Lipinski definition) is 1. The molecule has 0 aliphatic heterocycles. The number of aryl methyl sites for hydroxylation is 1. The molecule has 1 N–H and O–H groups in total. The van der Waals surface area contributed by atoms with Gasteiger partial charge in [-0.05, 0) is 25.1 Å². The third-order valence-electron chi connectivity index (χ3n) is 3.01. The number of anilines is 1. The average Bonchev–Trinajstić information content (AvgIpc) is 2.73. The second-order valence-corrected chi connectivity index (χ2v) is 6.33. The molecule has 0 amide bonds. The van der Waals surface area contributed by atoms with Gasteiger partial charge in [-0.2, -0.15) is 21.6 Å². The van der Waals surface area contributed by atoms with E-state index in [1.54, 1.807) is 14.0 Å². The van der Waals surface area contributed by atoms with E-state index < -0.39 is 21.7 Å². The molecule has 0 fully saturated rings. The summed E-state index contributed by atoms with van der Waals surface area (Å²) < 4.78 is 71.9. The first-order valence-electron chi connectivity index (χ1n) is 6.58. The maximum Gasteiger partial charge on any atom is 0.516 e. The number of fused-ring (bicyclic) bond motifs is 1. The predicted molar refractivity (Wildman–Crippen MR) is 79.2 cm³/mol. The maximum absolute atomic E-state index is 12.4. The molecule has 11 heteroatoms. The number of aromatic nitrogens is 1. The monoisotopic (exact) mass is 366 g/mol. The van der Waals surface area contributed by atoms with Crippen LogP contribution in [0.5, 0.6) is 5.88 Å². The van der Waals surface area contributed by atoms with E-state index in [4.69, 9.17) is 4.74 Å². The number of alkyl halides is 3. The van der Waals surface area contributed by atoms with E-state index >= 15 is 0 Å². The van der Waals surface area contributed by atoms with Crippen LogP contribution >= 0.6 is 0 Å². The molecule has 0 saturated carbocycles. The van der Waals surface area contributed by atoms with E-state index in [-0.39, 0.29) is 18.2 Å². The largest absolute Gasteiger partial charge is 0.516 e. The Labute approximate surface area is 135 Å². The molecular formula is C13H13F3N2O5S. The van der Waals surface area contributed by atoms with Gasteiger partial charge in [-0.15, -0.1) is 0 Å². The van der Waals surface area contributed by atoms with Crippen molar-refractivity contribution in [2.24, 2.45) is 7.05 Å². The molecule has 2 rings (SSSR count). The van der Waals surface area contributed by atoms with Crippen molar-refractivity contribution in [2.75, 3.05) is 11.3 Å². The molecule has 0 aliphatic carbocycles. The van der Waals surface area contributed by atoms with Crippen molar-refractivity contribution in [3.63, 3.8) is 0 Å². The first kappa shape index (κ1) is 17.9. The van der Waals surface area contributed by atoms with Gasteiger partial charge in [-0.3, -0.25) is 4.72 Å². The lowest BCUT2D eigenvalue weighted by molar-refractivity contribution is -0.0429. The first-order valence-corrected chi connectivity index (χ1v) is 8.06. The van der Waals surface area contributed by atoms with Gasteiger partial charge in [0.2, 0.25) is 5.88 Å². The van der Waals surface area contributed by atoms with Crippen LogP contribution in [0.4, 0.5) is 23.7 Å². The maximum atomic E-state index is 12.4. The zero-order valence-electron chi connectivity index (χ0n) is 12.5. The Morgan fingerprint density at radius 3 is 2.54 bits per heavy atom. The van der Waals surface area contributed by atoms with E-state index in [1.165, 1.54) is 33.6 Å². The second-order valence-electron chi connectivity index (χ2n) is 4.65. The van der Waals surface area contributed by atoms with E-state index in [2.05, 4.69) is 4.74 Å². The highest BCUT2D eigenvalue weighted by molar-refractivity contribution is 7.93. The number of carbonyl (C=O) groups excluding carboxylic acids is 1. The third kappa shape index (κ3) is 3.55. The molecule has 0 spiro atoms. The zero-order chi connectivity index (χ0) is 18.1. The number of halogens is 3. The topological polar surface area (TPSA) is 86.6 Å².